The Kier molecular flexibility index (Phi) is 3.58. The summed E-state index contributed by atoms with van der Waals surface area (Å²) in [5.41, 5.74) is 5.45. The Hall–Kier alpha value is -2.63. The number of carbonyl (C=O) groups is 1. The molecular weight excluding hydrogens is 326 g/mol. The zero-order valence-corrected chi connectivity index (χ0v) is 15.0. The third kappa shape index (κ3) is 2.43. The Morgan fingerprint density at radius 1 is 1.27 bits per heavy atom. The first-order valence-electron chi connectivity index (χ1n) is 9.49. The van der Waals surface area contributed by atoms with E-state index in [1.165, 1.54) is 5.56 Å². The number of hydrogen-bond acceptors (Lipinski definition) is 3. The fourth-order valence-corrected chi connectivity index (χ4v) is 4.53. The number of aromatic nitrogens is 4. The average Bonchev–Trinajstić information content (AvgIpc) is 3.37. The number of aromatic amines is 2. The maximum Gasteiger partial charge on any atom is 0.230 e. The number of likely N-dealkylation sites (tertiary alicyclic amines) is 1. The normalized spacial score (nSPS) is 22.7. The van der Waals surface area contributed by atoms with Crippen LogP contribution in [0, 0.1) is 6.92 Å². The smallest absolute Gasteiger partial charge is 0.230 e. The van der Waals surface area contributed by atoms with Crippen molar-refractivity contribution in [1.82, 2.24) is 25.1 Å². The highest BCUT2D eigenvalue weighted by Gasteiger charge is 2.38. The van der Waals surface area contributed by atoms with E-state index in [9.17, 15) is 4.79 Å². The summed E-state index contributed by atoms with van der Waals surface area (Å²) in [6, 6.07) is 6.29. The number of hydrogen-bond donors (Lipinski definition) is 2. The number of H-pyrrole nitrogens is 2. The predicted molar refractivity (Wildman–Crippen MR) is 98.8 cm³/mol. The molecule has 0 spiro atoms. The molecule has 0 saturated carbocycles. The third-order valence-electron chi connectivity index (χ3n) is 5.85. The van der Waals surface area contributed by atoms with Gasteiger partial charge in [0.2, 0.25) is 5.91 Å². The minimum Gasteiger partial charge on any atom is -0.340 e. The molecule has 1 aliphatic heterocycles. The van der Waals surface area contributed by atoms with Gasteiger partial charge in [-0.3, -0.25) is 9.89 Å². The molecule has 134 valence electrons. The van der Waals surface area contributed by atoms with Crippen LogP contribution < -0.4 is 0 Å². The van der Waals surface area contributed by atoms with E-state index in [2.05, 4.69) is 34.2 Å². The molecule has 1 amide bonds. The van der Waals surface area contributed by atoms with E-state index in [0.717, 1.165) is 66.8 Å². The van der Waals surface area contributed by atoms with Gasteiger partial charge in [-0.1, -0.05) is 6.07 Å². The Labute approximate surface area is 152 Å². The highest BCUT2D eigenvalue weighted by atomic mass is 16.2. The van der Waals surface area contributed by atoms with Crippen LogP contribution in [0.2, 0.25) is 0 Å². The highest BCUT2D eigenvalue weighted by Crippen LogP contribution is 2.38. The molecule has 3 aromatic rings. The lowest BCUT2D eigenvalue weighted by atomic mass is 9.86. The zero-order chi connectivity index (χ0) is 17.7. The molecule has 3 heterocycles. The lowest BCUT2D eigenvalue weighted by molar-refractivity contribution is -0.134. The molecule has 1 fully saturated rings. The van der Waals surface area contributed by atoms with Crippen molar-refractivity contribution in [2.24, 2.45) is 0 Å². The minimum atomic E-state index is -0.0651. The van der Waals surface area contributed by atoms with Crippen molar-refractivity contribution in [2.75, 3.05) is 6.54 Å². The SMILES string of the molecule is Cc1ccc2nc([C@@H]3CCCN3C(=O)[C@H]3CCCc4[nH]ncc43)[nH]c2c1. The summed E-state index contributed by atoms with van der Waals surface area (Å²) in [6.07, 6.45) is 6.77. The average molecular weight is 349 g/mol. The number of imidazole rings is 1. The van der Waals surface area contributed by atoms with E-state index in [-0.39, 0.29) is 17.9 Å². The Balaban J connectivity index is 1.46. The molecule has 0 bridgehead atoms. The van der Waals surface area contributed by atoms with Crippen molar-refractivity contribution in [3.8, 4) is 0 Å². The summed E-state index contributed by atoms with van der Waals surface area (Å²) in [5.74, 6) is 1.08. The van der Waals surface area contributed by atoms with Gasteiger partial charge in [0.25, 0.3) is 0 Å². The molecule has 2 atom stereocenters. The Morgan fingerprint density at radius 2 is 2.19 bits per heavy atom. The molecule has 26 heavy (non-hydrogen) atoms. The van der Waals surface area contributed by atoms with Crippen molar-refractivity contribution >= 4 is 16.9 Å². The second-order valence-corrected chi connectivity index (χ2v) is 7.58. The molecule has 0 unspecified atom stereocenters. The summed E-state index contributed by atoms with van der Waals surface area (Å²) in [4.78, 5) is 23.6. The summed E-state index contributed by atoms with van der Waals surface area (Å²) in [7, 11) is 0. The van der Waals surface area contributed by atoms with Crippen LogP contribution in [0.1, 0.15) is 60.3 Å². The van der Waals surface area contributed by atoms with E-state index < -0.39 is 0 Å². The molecular formula is C20H23N5O. The number of nitrogens with zero attached hydrogens (tertiary/aromatic N) is 3. The number of aryl methyl sites for hydroxylation is 2. The van der Waals surface area contributed by atoms with E-state index >= 15 is 0 Å². The first-order valence-corrected chi connectivity index (χ1v) is 9.49. The van der Waals surface area contributed by atoms with Gasteiger partial charge >= 0.3 is 0 Å². The zero-order valence-electron chi connectivity index (χ0n) is 15.0. The van der Waals surface area contributed by atoms with Gasteiger partial charge in [0.15, 0.2) is 0 Å². The number of benzene rings is 1. The van der Waals surface area contributed by atoms with Gasteiger partial charge in [0.1, 0.15) is 5.82 Å². The topological polar surface area (TPSA) is 77.7 Å². The fraction of sp³-hybridized carbons (Fsp3) is 0.450. The molecule has 1 aromatic carbocycles. The number of fused-ring (bicyclic) bond motifs is 2. The van der Waals surface area contributed by atoms with Crippen LogP contribution in [-0.2, 0) is 11.2 Å². The Bertz CT molecular complexity index is 972. The van der Waals surface area contributed by atoms with Crippen molar-refractivity contribution in [1.29, 1.82) is 0 Å². The van der Waals surface area contributed by atoms with Crippen LogP contribution in [0.5, 0.6) is 0 Å². The summed E-state index contributed by atoms with van der Waals surface area (Å²) < 4.78 is 0. The quantitative estimate of drug-likeness (QED) is 0.744. The largest absolute Gasteiger partial charge is 0.340 e. The van der Waals surface area contributed by atoms with Crippen LogP contribution in [-0.4, -0.2) is 37.5 Å². The first kappa shape index (κ1) is 15.6. The maximum absolute atomic E-state index is 13.4. The molecule has 6 nitrogen and oxygen atoms in total. The van der Waals surface area contributed by atoms with E-state index in [4.69, 9.17) is 4.98 Å². The number of nitrogens with one attached hydrogen (secondary N) is 2. The van der Waals surface area contributed by atoms with Crippen LogP contribution in [0.25, 0.3) is 11.0 Å². The van der Waals surface area contributed by atoms with Gasteiger partial charge in [0.05, 0.1) is 29.2 Å². The third-order valence-corrected chi connectivity index (χ3v) is 5.85. The van der Waals surface area contributed by atoms with Crippen LogP contribution in [0.4, 0.5) is 0 Å². The summed E-state index contributed by atoms with van der Waals surface area (Å²) in [5, 5.41) is 7.22. The number of rotatable bonds is 2. The van der Waals surface area contributed by atoms with Gasteiger partial charge in [-0.05, 0) is 56.7 Å². The van der Waals surface area contributed by atoms with Crippen molar-refractivity contribution in [3.05, 3.63) is 47.0 Å². The summed E-state index contributed by atoms with van der Waals surface area (Å²) in [6.45, 7) is 2.89. The summed E-state index contributed by atoms with van der Waals surface area (Å²) >= 11 is 0. The van der Waals surface area contributed by atoms with E-state index in [0.29, 0.717) is 0 Å². The van der Waals surface area contributed by atoms with Gasteiger partial charge in [-0.25, -0.2) is 4.98 Å². The molecule has 2 aliphatic rings. The molecule has 2 N–H and O–H groups in total. The van der Waals surface area contributed by atoms with Crippen molar-refractivity contribution in [2.45, 2.75) is 51.0 Å². The van der Waals surface area contributed by atoms with Gasteiger partial charge < -0.3 is 9.88 Å². The van der Waals surface area contributed by atoms with Gasteiger partial charge in [-0.15, -0.1) is 0 Å². The monoisotopic (exact) mass is 349 g/mol. The van der Waals surface area contributed by atoms with Crippen molar-refractivity contribution in [3.63, 3.8) is 0 Å². The fourth-order valence-electron chi connectivity index (χ4n) is 4.53. The van der Waals surface area contributed by atoms with Crippen LogP contribution >= 0.6 is 0 Å². The highest BCUT2D eigenvalue weighted by molar-refractivity contribution is 5.85. The second-order valence-electron chi connectivity index (χ2n) is 7.58. The van der Waals surface area contributed by atoms with Crippen LogP contribution in [0.3, 0.4) is 0 Å². The first-order chi connectivity index (χ1) is 12.7. The molecule has 5 rings (SSSR count). The van der Waals surface area contributed by atoms with Crippen molar-refractivity contribution < 1.29 is 4.79 Å². The molecule has 1 saturated heterocycles. The van der Waals surface area contributed by atoms with E-state index in [1.807, 2.05) is 17.2 Å². The molecule has 0 radical (unpaired) electrons. The second kappa shape index (κ2) is 5.97. The molecule has 6 heteroatoms. The minimum absolute atomic E-state index is 0.0486. The lowest BCUT2D eigenvalue weighted by Gasteiger charge is -2.29. The van der Waals surface area contributed by atoms with Gasteiger partial charge in [-0.2, -0.15) is 5.10 Å². The number of carbonyl (C=O) groups excluding carboxylic acids is 1. The molecule has 1 aliphatic carbocycles. The lowest BCUT2D eigenvalue weighted by Crippen LogP contribution is -2.36. The maximum atomic E-state index is 13.4. The van der Waals surface area contributed by atoms with Crippen LogP contribution in [0.15, 0.2) is 24.4 Å². The molecule has 2 aromatic heterocycles. The van der Waals surface area contributed by atoms with E-state index in [1.54, 1.807) is 0 Å². The van der Waals surface area contributed by atoms with Gasteiger partial charge in [0, 0.05) is 17.8 Å². The number of amides is 1. The standard InChI is InChI=1S/C20H23N5O/c1-12-7-8-16-17(10-12)23-19(22-16)18-6-3-9-25(18)20(26)13-4-2-5-15-14(13)11-21-24-15/h7-8,10-11,13,18H,2-6,9H2,1H3,(H,21,24)(H,22,23)/t13-,18-/m0/s1. The predicted octanol–water partition coefficient (Wildman–Crippen LogP) is 3.38. The Morgan fingerprint density at radius 3 is 3.12 bits per heavy atom.